The molecule has 0 spiro atoms. The molecule has 0 radical (unpaired) electrons. The van der Waals surface area contributed by atoms with Crippen LogP contribution in [-0.2, 0) is 20.3 Å². The van der Waals surface area contributed by atoms with Crippen molar-refractivity contribution in [1.82, 2.24) is 0 Å². The van der Waals surface area contributed by atoms with Crippen LogP contribution in [0.15, 0.2) is 67.3 Å². The molecule has 4 rings (SSSR count). The average molecular weight is 462 g/mol. The SMILES string of the molecule is C=CCC(CC)C1(C)OOC1(OC)c1ccc(-c2ccc(-c3ccc(C#N)cc3)s2)c(O)c1. The van der Waals surface area contributed by atoms with Crippen LogP contribution < -0.4 is 0 Å². The first-order chi connectivity index (χ1) is 15.9. The Labute approximate surface area is 198 Å². The van der Waals surface area contributed by atoms with Gasteiger partial charge in [-0.25, -0.2) is 4.89 Å². The molecule has 1 N–H and O–H groups in total. The Balaban J connectivity index is 1.65. The predicted octanol–water partition coefficient (Wildman–Crippen LogP) is 6.78. The summed E-state index contributed by atoms with van der Waals surface area (Å²) in [5.74, 6) is -0.833. The van der Waals surface area contributed by atoms with Crippen LogP contribution in [0.2, 0.25) is 0 Å². The number of phenolic OH excluding ortho intramolecular Hbond substituents is 1. The highest BCUT2D eigenvalue weighted by atomic mass is 32.1. The number of allylic oxidation sites excluding steroid dienone is 1. The Morgan fingerprint density at radius 1 is 1.15 bits per heavy atom. The zero-order valence-electron chi connectivity index (χ0n) is 19.0. The lowest BCUT2D eigenvalue weighted by Gasteiger charge is -2.56. The van der Waals surface area contributed by atoms with Crippen LogP contribution >= 0.6 is 11.3 Å². The predicted molar refractivity (Wildman–Crippen MR) is 129 cm³/mol. The zero-order chi connectivity index (χ0) is 23.6. The van der Waals surface area contributed by atoms with E-state index in [-0.39, 0.29) is 11.7 Å². The summed E-state index contributed by atoms with van der Waals surface area (Å²) < 4.78 is 5.87. The van der Waals surface area contributed by atoms with E-state index in [4.69, 9.17) is 19.8 Å². The number of hydrogen-bond acceptors (Lipinski definition) is 6. The Bertz CT molecular complexity index is 1190. The minimum atomic E-state index is -1.12. The Morgan fingerprint density at radius 2 is 1.88 bits per heavy atom. The van der Waals surface area contributed by atoms with Crippen molar-refractivity contribution in [1.29, 1.82) is 5.26 Å². The molecule has 1 saturated heterocycles. The second-order valence-electron chi connectivity index (χ2n) is 8.31. The van der Waals surface area contributed by atoms with E-state index in [9.17, 15) is 5.11 Å². The van der Waals surface area contributed by atoms with Gasteiger partial charge in [0.15, 0.2) is 5.60 Å². The fourth-order valence-corrected chi connectivity index (χ4v) is 5.59. The van der Waals surface area contributed by atoms with Crippen molar-refractivity contribution in [2.45, 2.75) is 38.1 Å². The lowest BCUT2D eigenvalue weighted by molar-refractivity contribution is -0.624. The van der Waals surface area contributed by atoms with Crippen molar-refractivity contribution in [2.24, 2.45) is 5.92 Å². The highest BCUT2D eigenvalue weighted by Gasteiger charge is 2.66. The molecule has 33 heavy (non-hydrogen) atoms. The summed E-state index contributed by atoms with van der Waals surface area (Å²) >= 11 is 1.58. The van der Waals surface area contributed by atoms with E-state index in [1.54, 1.807) is 36.6 Å². The first-order valence-corrected chi connectivity index (χ1v) is 11.7. The molecule has 3 aromatic rings. The number of aromatic hydroxyl groups is 1. The molecular weight excluding hydrogens is 434 g/mol. The van der Waals surface area contributed by atoms with E-state index in [1.807, 2.05) is 49.4 Å². The summed E-state index contributed by atoms with van der Waals surface area (Å²) in [5, 5.41) is 19.9. The van der Waals surface area contributed by atoms with Gasteiger partial charge in [0, 0.05) is 28.0 Å². The third-order valence-electron chi connectivity index (χ3n) is 6.54. The van der Waals surface area contributed by atoms with Crippen LogP contribution in [0.25, 0.3) is 20.9 Å². The highest BCUT2D eigenvalue weighted by molar-refractivity contribution is 7.18. The molecule has 0 amide bonds. The second kappa shape index (κ2) is 9.12. The van der Waals surface area contributed by atoms with E-state index >= 15 is 0 Å². The van der Waals surface area contributed by atoms with Crippen LogP contribution in [0.5, 0.6) is 5.75 Å². The summed E-state index contributed by atoms with van der Waals surface area (Å²) in [7, 11) is 1.59. The summed E-state index contributed by atoms with van der Waals surface area (Å²) in [6.07, 6.45) is 3.51. The molecule has 1 aliphatic rings. The molecule has 3 unspecified atom stereocenters. The Morgan fingerprint density at radius 3 is 2.42 bits per heavy atom. The van der Waals surface area contributed by atoms with E-state index in [0.717, 1.165) is 33.7 Å². The molecule has 0 bridgehead atoms. The largest absolute Gasteiger partial charge is 0.507 e. The minimum absolute atomic E-state index is 0.137. The molecule has 1 aromatic heterocycles. The summed E-state index contributed by atoms with van der Waals surface area (Å²) in [6.45, 7) is 7.95. The number of nitriles is 1. The smallest absolute Gasteiger partial charge is 0.260 e. The van der Waals surface area contributed by atoms with Gasteiger partial charge in [0.1, 0.15) is 5.75 Å². The highest BCUT2D eigenvalue weighted by Crippen LogP contribution is 2.55. The molecule has 6 heteroatoms. The Kier molecular flexibility index (Phi) is 6.42. The number of phenols is 1. The zero-order valence-corrected chi connectivity index (χ0v) is 19.8. The standard InChI is InChI=1S/C27H27NO4S/c1-5-7-20(6-2)26(3)27(30-4,32-31-26)21-12-13-22(23(29)16-21)25-15-14-24(33-25)19-10-8-18(17-28)9-11-19/h5,8-16,20,29H,1,6-7H2,2-4H3. The van der Waals surface area contributed by atoms with Gasteiger partial charge in [-0.1, -0.05) is 31.2 Å². The topological polar surface area (TPSA) is 71.7 Å². The number of nitrogens with zero attached hydrogens (tertiary/aromatic N) is 1. The van der Waals surface area contributed by atoms with Crippen LogP contribution in [0, 0.1) is 17.2 Å². The van der Waals surface area contributed by atoms with Gasteiger partial charge in [-0.05, 0) is 67.6 Å². The van der Waals surface area contributed by atoms with Gasteiger partial charge in [0.05, 0.1) is 11.6 Å². The van der Waals surface area contributed by atoms with Crippen molar-refractivity contribution in [3.8, 4) is 32.7 Å². The molecule has 0 aliphatic carbocycles. The van der Waals surface area contributed by atoms with Gasteiger partial charge in [-0.15, -0.1) is 17.9 Å². The van der Waals surface area contributed by atoms with Gasteiger partial charge >= 0.3 is 0 Å². The number of rotatable bonds is 8. The van der Waals surface area contributed by atoms with Gasteiger partial charge in [-0.2, -0.15) is 10.1 Å². The van der Waals surface area contributed by atoms with E-state index in [0.29, 0.717) is 11.1 Å². The molecule has 2 heterocycles. The van der Waals surface area contributed by atoms with Gasteiger partial charge in [0.25, 0.3) is 5.79 Å². The van der Waals surface area contributed by atoms with Crippen LogP contribution in [-0.4, -0.2) is 17.8 Å². The molecule has 1 aliphatic heterocycles. The molecule has 170 valence electrons. The third kappa shape index (κ3) is 3.77. The minimum Gasteiger partial charge on any atom is -0.507 e. The maximum atomic E-state index is 10.9. The third-order valence-corrected chi connectivity index (χ3v) is 7.71. The van der Waals surface area contributed by atoms with Gasteiger partial charge < -0.3 is 9.84 Å². The number of benzene rings is 2. The molecule has 0 saturated carbocycles. The first-order valence-electron chi connectivity index (χ1n) is 10.9. The second-order valence-corrected chi connectivity index (χ2v) is 9.39. The fourth-order valence-electron chi connectivity index (χ4n) is 4.55. The van der Waals surface area contributed by atoms with Crippen LogP contribution in [0.1, 0.15) is 37.8 Å². The summed E-state index contributed by atoms with van der Waals surface area (Å²) in [5.41, 5.74) is 2.37. The van der Waals surface area contributed by atoms with Crippen molar-refractivity contribution >= 4 is 11.3 Å². The maximum absolute atomic E-state index is 10.9. The van der Waals surface area contributed by atoms with Crippen molar-refractivity contribution in [3.05, 3.63) is 78.4 Å². The molecule has 1 fully saturated rings. The number of ether oxygens (including phenoxy) is 1. The van der Waals surface area contributed by atoms with Gasteiger partial charge in [0.2, 0.25) is 0 Å². The summed E-state index contributed by atoms with van der Waals surface area (Å²) in [4.78, 5) is 13.2. The molecule has 2 aromatic carbocycles. The first kappa shape index (κ1) is 23.2. The average Bonchev–Trinajstić information content (AvgIpc) is 3.32. The van der Waals surface area contributed by atoms with Crippen molar-refractivity contribution in [2.75, 3.05) is 7.11 Å². The van der Waals surface area contributed by atoms with E-state index in [1.165, 1.54) is 0 Å². The maximum Gasteiger partial charge on any atom is 0.260 e. The van der Waals surface area contributed by atoms with E-state index in [2.05, 4.69) is 19.6 Å². The normalized spacial score (nSPS) is 22.8. The molecular formula is C27H27NO4S. The Hall–Kier alpha value is -2.95. The fraction of sp³-hybridized carbons (Fsp3) is 0.296. The van der Waals surface area contributed by atoms with Crippen molar-refractivity contribution < 1.29 is 19.6 Å². The van der Waals surface area contributed by atoms with E-state index < -0.39 is 11.4 Å². The van der Waals surface area contributed by atoms with Gasteiger partial charge in [-0.3, -0.25) is 0 Å². The monoisotopic (exact) mass is 461 g/mol. The number of methoxy groups -OCH3 is 1. The summed E-state index contributed by atoms with van der Waals surface area (Å²) in [6, 6.07) is 19.1. The molecule has 5 nitrogen and oxygen atoms in total. The molecule has 3 atom stereocenters. The quantitative estimate of drug-likeness (QED) is 0.296. The lowest BCUT2D eigenvalue weighted by Crippen LogP contribution is -2.67. The van der Waals surface area contributed by atoms with Crippen LogP contribution in [0.4, 0.5) is 0 Å². The number of thiophene rings is 1. The van der Waals surface area contributed by atoms with Crippen LogP contribution in [0.3, 0.4) is 0 Å². The number of hydrogen-bond donors (Lipinski definition) is 1. The lowest BCUT2D eigenvalue weighted by atomic mass is 9.74. The van der Waals surface area contributed by atoms with Crippen molar-refractivity contribution in [3.63, 3.8) is 0 Å².